The predicted molar refractivity (Wildman–Crippen MR) is 68.8 cm³/mol. The number of aryl methyl sites for hydroxylation is 2. The van der Waals surface area contributed by atoms with E-state index in [1.54, 1.807) is 14.0 Å². The molecule has 0 saturated heterocycles. The summed E-state index contributed by atoms with van der Waals surface area (Å²) >= 11 is 0. The van der Waals surface area contributed by atoms with E-state index in [4.69, 9.17) is 9.63 Å². The second-order valence-electron chi connectivity index (χ2n) is 4.75. The predicted octanol–water partition coefficient (Wildman–Crippen LogP) is 1.55. The lowest BCUT2D eigenvalue weighted by Crippen LogP contribution is -2.36. The summed E-state index contributed by atoms with van der Waals surface area (Å²) in [6.07, 6.45) is 0.834. The molecule has 0 aliphatic rings. The van der Waals surface area contributed by atoms with Gasteiger partial charge in [0.1, 0.15) is 5.76 Å². The van der Waals surface area contributed by atoms with Gasteiger partial charge in [0, 0.05) is 25.1 Å². The van der Waals surface area contributed by atoms with Crippen LogP contribution in [-0.2, 0) is 16.0 Å². The van der Waals surface area contributed by atoms with E-state index in [2.05, 4.69) is 5.16 Å². The van der Waals surface area contributed by atoms with Crippen LogP contribution >= 0.6 is 0 Å². The van der Waals surface area contributed by atoms with Gasteiger partial charge in [0.2, 0.25) is 5.91 Å². The number of carbonyl (C=O) groups excluding carboxylic acids is 1. The van der Waals surface area contributed by atoms with E-state index >= 15 is 0 Å². The van der Waals surface area contributed by atoms with Gasteiger partial charge in [0.15, 0.2) is 0 Å². The van der Waals surface area contributed by atoms with Gasteiger partial charge >= 0.3 is 5.97 Å². The molecule has 19 heavy (non-hydrogen) atoms. The van der Waals surface area contributed by atoms with Crippen LogP contribution in [0.1, 0.15) is 36.8 Å². The van der Waals surface area contributed by atoms with E-state index in [0.717, 1.165) is 17.0 Å². The highest BCUT2D eigenvalue weighted by atomic mass is 16.5. The van der Waals surface area contributed by atoms with Crippen molar-refractivity contribution < 1.29 is 19.2 Å². The number of carboxylic acids is 1. The average molecular weight is 268 g/mol. The van der Waals surface area contributed by atoms with E-state index in [1.807, 2.05) is 13.8 Å². The van der Waals surface area contributed by atoms with Gasteiger partial charge in [0.25, 0.3) is 0 Å². The molecule has 106 valence electrons. The number of hydrogen-bond donors (Lipinski definition) is 1. The minimum Gasteiger partial charge on any atom is -0.481 e. The molecule has 6 nitrogen and oxygen atoms in total. The van der Waals surface area contributed by atoms with Crippen molar-refractivity contribution in [3.63, 3.8) is 0 Å². The Morgan fingerprint density at radius 2 is 2.05 bits per heavy atom. The molecule has 1 aromatic rings. The zero-order chi connectivity index (χ0) is 14.6. The van der Waals surface area contributed by atoms with Crippen molar-refractivity contribution in [2.45, 2.75) is 46.1 Å². The van der Waals surface area contributed by atoms with Gasteiger partial charge < -0.3 is 14.5 Å². The highest BCUT2D eigenvalue weighted by molar-refractivity contribution is 5.77. The highest BCUT2D eigenvalue weighted by Gasteiger charge is 2.19. The largest absolute Gasteiger partial charge is 0.481 e. The molecule has 1 N–H and O–H groups in total. The molecule has 0 saturated carbocycles. The molecule has 1 unspecified atom stereocenters. The summed E-state index contributed by atoms with van der Waals surface area (Å²) in [4.78, 5) is 24.1. The van der Waals surface area contributed by atoms with Gasteiger partial charge in [-0.15, -0.1) is 0 Å². The molecule has 0 radical (unpaired) electrons. The summed E-state index contributed by atoms with van der Waals surface area (Å²) in [5.74, 6) is -0.252. The first-order valence-corrected chi connectivity index (χ1v) is 6.22. The number of aliphatic carboxylic acids is 1. The third kappa shape index (κ3) is 4.08. The zero-order valence-corrected chi connectivity index (χ0v) is 11.8. The van der Waals surface area contributed by atoms with Crippen molar-refractivity contribution in [1.82, 2.24) is 10.1 Å². The van der Waals surface area contributed by atoms with Crippen molar-refractivity contribution in [3.8, 4) is 0 Å². The molecule has 0 aliphatic heterocycles. The van der Waals surface area contributed by atoms with Crippen molar-refractivity contribution in [1.29, 1.82) is 0 Å². The van der Waals surface area contributed by atoms with Gasteiger partial charge in [-0.25, -0.2) is 0 Å². The van der Waals surface area contributed by atoms with Crippen LogP contribution in [0, 0.1) is 13.8 Å². The first-order chi connectivity index (χ1) is 8.82. The van der Waals surface area contributed by atoms with Crippen LogP contribution in [0.4, 0.5) is 0 Å². The lowest BCUT2D eigenvalue weighted by Gasteiger charge is -2.23. The lowest BCUT2D eigenvalue weighted by atomic mass is 10.1. The first kappa shape index (κ1) is 15.2. The molecule has 1 aromatic heterocycles. The molecule has 1 amide bonds. The Morgan fingerprint density at radius 3 is 2.53 bits per heavy atom. The van der Waals surface area contributed by atoms with E-state index in [0.29, 0.717) is 12.8 Å². The molecule has 0 fully saturated rings. The van der Waals surface area contributed by atoms with Crippen LogP contribution in [0.15, 0.2) is 4.52 Å². The molecule has 0 bridgehead atoms. The van der Waals surface area contributed by atoms with Gasteiger partial charge in [-0.2, -0.15) is 0 Å². The molecule has 1 heterocycles. The number of rotatable bonds is 6. The molecule has 1 atom stereocenters. The van der Waals surface area contributed by atoms with Crippen LogP contribution < -0.4 is 0 Å². The Hall–Kier alpha value is -1.85. The standard InChI is InChI=1S/C13H20N2O4/c1-8(7-13(17)18)15(4)12(16)6-5-11-9(2)14-19-10(11)3/h8H,5-7H2,1-4H3,(H,17,18). The van der Waals surface area contributed by atoms with Crippen molar-refractivity contribution in [2.24, 2.45) is 0 Å². The van der Waals surface area contributed by atoms with Crippen LogP contribution in [0.2, 0.25) is 0 Å². The quantitative estimate of drug-likeness (QED) is 0.846. The Balaban J connectivity index is 2.53. The summed E-state index contributed by atoms with van der Waals surface area (Å²) in [7, 11) is 1.63. The number of aromatic nitrogens is 1. The number of nitrogens with zero attached hydrogens (tertiary/aromatic N) is 2. The van der Waals surface area contributed by atoms with Crippen LogP contribution in [0.25, 0.3) is 0 Å². The van der Waals surface area contributed by atoms with Crippen LogP contribution in [-0.4, -0.2) is 40.1 Å². The SMILES string of the molecule is Cc1noc(C)c1CCC(=O)N(C)C(C)CC(=O)O. The van der Waals surface area contributed by atoms with E-state index in [9.17, 15) is 9.59 Å². The molecule has 0 aromatic carbocycles. The molecule has 6 heteroatoms. The van der Waals surface area contributed by atoms with E-state index < -0.39 is 5.97 Å². The van der Waals surface area contributed by atoms with Crippen molar-refractivity contribution in [3.05, 3.63) is 17.0 Å². The van der Waals surface area contributed by atoms with Crippen LogP contribution in [0.3, 0.4) is 0 Å². The summed E-state index contributed by atoms with van der Waals surface area (Å²) in [5, 5.41) is 12.5. The Morgan fingerprint density at radius 1 is 1.42 bits per heavy atom. The van der Waals surface area contributed by atoms with Crippen molar-refractivity contribution in [2.75, 3.05) is 7.05 Å². The Labute approximate surface area is 112 Å². The Kier molecular flexibility index (Phi) is 5.09. The van der Waals surface area contributed by atoms with Gasteiger partial charge in [0.05, 0.1) is 12.1 Å². The summed E-state index contributed by atoms with van der Waals surface area (Å²) in [6.45, 7) is 5.38. The molecule has 0 aliphatic carbocycles. The fraction of sp³-hybridized carbons (Fsp3) is 0.615. The number of amides is 1. The fourth-order valence-electron chi connectivity index (χ4n) is 1.90. The maximum atomic E-state index is 12.0. The third-order valence-corrected chi connectivity index (χ3v) is 3.29. The smallest absolute Gasteiger partial charge is 0.305 e. The third-order valence-electron chi connectivity index (χ3n) is 3.29. The average Bonchev–Trinajstić information content (AvgIpc) is 2.64. The molecule has 1 rings (SSSR count). The Bertz CT molecular complexity index is 448. The van der Waals surface area contributed by atoms with E-state index in [1.165, 1.54) is 4.90 Å². The maximum Gasteiger partial charge on any atom is 0.305 e. The van der Waals surface area contributed by atoms with E-state index in [-0.39, 0.29) is 18.4 Å². The molecule has 0 spiro atoms. The second kappa shape index (κ2) is 6.36. The minimum absolute atomic E-state index is 0.0481. The summed E-state index contributed by atoms with van der Waals surface area (Å²) in [5.41, 5.74) is 1.75. The summed E-state index contributed by atoms with van der Waals surface area (Å²) < 4.78 is 5.04. The number of hydrogen-bond acceptors (Lipinski definition) is 4. The first-order valence-electron chi connectivity index (χ1n) is 6.22. The number of carbonyl (C=O) groups is 2. The van der Waals surface area contributed by atoms with Gasteiger partial charge in [-0.3, -0.25) is 9.59 Å². The van der Waals surface area contributed by atoms with Crippen molar-refractivity contribution >= 4 is 11.9 Å². The normalized spacial score (nSPS) is 12.2. The maximum absolute atomic E-state index is 12.0. The summed E-state index contributed by atoms with van der Waals surface area (Å²) in [6, 6.07) is -0.310. The van der Waals surface area contributed by atoms with Gasteiger partial charge in [-0.05, 0) is 27.2 Å². The minimum atomic E-state index is -0.905. The van der Waals surface area contributed by atoms with Gasteiger partial charge in [-0.1, -0.05) is 5.16 Å². The van der Waals surface area contributed by atoms with Crippen LogP contribution in [0.5, 0.6) is 0 Å². The zero-order valence-electron chi connectivity index (χ0n) is 11.8. The topological polar surface area (TPSA) is 83.6 Å². The fourth-order valence-corrected chi connectivity index (χ4v) is 1.90. The second-order valence-corrected chi connectivity index (χ2v) is 4.75. The number of carboxylic acid groups (broad SMARTS) is 1. The monoisotopic (exact) mass is 268 g/mol. The highest BCUT2D eigenvalue weighted by Crippen LogP contribution is 2.15. The lowest BCUT2D eigenvalue weighted by molar-refractivity contribution is -0.139. The molecular formula is C13H20N2O4. The molecular weight excluding hydrogens is 248 g/mol.